The summed E-state index contributed by atoms with van der Waals surface area (Å²) < 4.78 is 42.0. The van der Waals surface area contributed by atoms with E-state index in [4.69, 9.17) is 18.0 Å². The summed E-state index contributed by atoms with van der Waals surface area (Å²) in [6.45, 7) is 2.77. The normalized spacial score (nSPS) is 29.7. The molecule has 3 aliphatic heterocycles. The van der Waals surface area contributed by atoms with E-state index in [0.717, 1.165) is 72.5 Å². The molecule has 4 aliphatic carbocycles. The van der Waals surface area contributed by atoms with Crippen LogP contribution in [0.15, 0.2) is 0 Å². The highest BCUT2D eigenvalue weighted by atomic mass is 35.5. The summed E-state index contributed by atoms with van der Waals surface area (Å²) in [5.41, 5.74) is -1.56. The lowest BCUT2D eigenvalue weighted by Gasteiger charge is -2.43. The van der Waals surface area contributed by atoms with Crippen molar-refractivity contribution in [2.24, 2.45) is 29.6 Å². The Morgan fingerprint density at radius 3 is 1.80 bits per heavy atom. The number of alkyl halides is 4. The number of likely N-dealkylation sites (tertiary alicyclic amines) is 1. The second-order valence-corrected chi connectivity index (χ2v) is 30.9. The van der Waals surface area contributed by atoms with Crippen molar-refractivity contribution in [2.75, 3.05) is 88.6 Å². The molecule has 0 radical (unpaired) electrons. The number of amides is 12. The molecular formula is C72H112ClF3N12O12. The molecule has 3 heterocycles. The SMILES string of the molecule is C#CC[C@@H]1NC(=O)[C@H](CC(C)C)N(C)C(=O)C[C@@H](C(=O)N2CCCCC2)N(C)C(=O)[C@H](C2CCCCC2)N(C)C(=O)C2(CCCC2)NC(=O)[C@@H]2CCCN2C(=O)[C@H](CCC2CCC(C(F)(F)F)C(Cl)C2)NC(=O)CN(C)C(=O)[C@H](CC2CCCCC2)N(C)C(=O)CN(C)C(=O)CN(C)C1=O. The molecule has 12 amide bonds. The number of halogens is 4. The fourth-order valence-corrected chi connectivity index (χ4v) is 17.0. The minimum atomic E-state index is -4.51. The van der Waals surface area contributed by atoms with Gasteiger partial charge >= 0.3 is 6.18 Å². The van der Waals surface area contributed by atoms with Crippen LogP contribution in [-0.2, 0) is 57.5 Å². The zero-order valence-corrected chi connectivity index (χ0v) is 61.3. The third-order valence-corrected chi connectivity index (χ3v) is 23.1. The summed E-state index contributed by atoms with van der Waals surface area (Å²) >= 11 is 6.40. The highest BCUT2D eigenvalue weighted by Gasteiger charge is 2.52. The standard InChI is InChI=1S/C72H112ClF3N12O12/c1-11-24-52-65(95)82(6)44-60(91)80(4)45-61(92)84(8)56(41-47-25-15-12-16-26-47)67(97)81(5)43-58(89)77-53(33-31-48-30-32-50(51(73)40-48)72(74,75)76)66(96)88-38-23-29-54(88)64(94)79-71(34-19-20-35-71)70(100)86(10)62(49-27-17-13-18-28-49)69(99)85(9)57(68(98)87-36-21-14-22-37-87)42-59(90)83(7)55(39-46(2)3)63(93)78-52/h1,46-57,62H,12-45H2,2-10H3,(H,77,89)(H,78,93)(H,79,94)/t48?,50?,51?,52-,53-,54-,55-,56-,57-,62-/m0/s1. The van der Waals surface area contributed by atoms with E-state index in [1.54, 1.807) is 4.90 Å². The van der Waals surface area contributed by atoms with Gasteiger partial charge in [0.05, 0.1) is 32.0 Å². The predicted octanol–water partition coefficient (Wildman–Crippen LogP) is 5.46. The molecule has 10 atom stereocenters. The Labute approximate surface area is 594 Å². The van der Waals surface area contributed by atoms with Crippen LogP contribution in [0.4, 0.5) is 13.2 Å². The summed E-state index contributed by atoms with van der Waals surface area (Å²) in [5.74, 6) is -8.06. The van der Waals surface area contributed by atoms with E-state index in [1.165, 1.54) is 73.8 Å². The zero-order valence-electron chi connectivity index (χ0n) is 60.6. The molecule has 1 spiro atoms. The van der Waals surface area contributed by atoms with Crippen LogP contribution in [0.25, 0.3) is 0 Å². The lowest BCUT2D eigenvalue weighted by Crippen LogP contribution is -2.65. The Morgan fingerprint density at radius 1 is 0.590 bits per heavy atom. The number of hydrogen-bond acceptors (Lipinski definition) is 12. The van der Waals surface area contributed by atoms with Gasteiger partial charge < -0.3 is 60.0 Å². The number of fused-ring (bicyclic) bond motifs is 1. The van der Waals surface area contributed by atoms with Gasteiger partial charge in [0, 0.05) is 80.8 Å². The average molecular weight is 1430 g/mol. The highest BCUT2D eigenvalue weighted by Crippen LogP contribution is 2.44. The Bertz CT molecular complexity index is 2970. The van der Waals surface area contributed by atoms with E-state index in [-0.39, 0.29) is 94.9 Å². The Balaban J connectivity index is 1.27. The molecule has 0 aromatic rings. The molecule has 24 nitrogen and oxygen atoms in total. The molecule has 7 aliphatic rings. The summed E-state index contributed by atoms with van der Waals surface area (Å²) in [6, 6.07) is -8.84. The summed E-state index contributed by atoms with van der Waals surface area (Å²) in [5, 5.41) is 7.43. The number of carbonyl (C=O) groups is 12. The molecule has 4 saturated carbocycles. The Kier molecular flexibility index (Phi) is 29.4. The number of terminal acetylenes is 1. The van der Waals surface area contributed by atoms with Crippen molar-refractivity contribution in [3.63, 3.8) is 0 Å². The number of nitrogens with one attached hydrogen (secondary N) is 3. The molecule has 28 heteroatoms. The van der Waals surface area contributed by atoms with Gasteiger partial charge in [-0.15, -0.1) is 23.9 Å². The second kappa shape index (κ2) is 36.4. The van der Waals surface area contributed by atoms with Crippen molar-refractivity contribution in [1.82, 2.24) is 60.0 Å². The van der Waals surface area contributed by atoms with Crippen molar-refractivity contribution in [1.29, 1.82) is 0 Å². The van der Waals surface area contributed by atoms with Gasteiger partial charge in [0.2, 0.25) is 70.9 Å². The van der Waals surface area contributed by atoms with Crippen molar-refractivity contribution in [3.05, 3.63) is 0 Å². The molecule has 3 saturated heterocycles. The van der Waals surface area contributed by atoms with E-state index < -0.39 is 168 Å². The topological polar surface area (TPSA) is 270 Å². The van der Waals surface area contributed by atoms with Crippen LogP contribution < -0.4 is 16.0 Å². The smallest absolute Gasteiger partial charge is 0.343 e. The fraction of sp³-hybridized carbons (Fsp3) is 0.806. The van der Waals surface area contributed by atoms with E-state index in [1.807, 2.05) is 13.8 Å². The van der Waals surface area contributed by atoms with Gasteiger partial charge in [0.15, 0.2) is 0 Å². The molecule has 3 unspecified atom stereocenters. The van der Waals surface area contributed by atoms with Gasteiger partial charge in [-0.25, -0.2) is 0 Å². The average Bonchev–Trinajstić information content (AvgIpc) is 1.45. The molecule has 100 heavy (non-hydrogen) atoms. The maximum Gasteiger partial charge on any atom is 0.393 e. The van der Waals surface area contributed by atoms with Crippen LogP contribution in [-0.4, -0.2) is 263 Å². The van der Waals surface area contributed by atoms with Gasteiger partial charge in [0.1, 0.15) is 47.8 Å². The quantitative estimate of drug-likeness (QED) is 0.182. The summed E-state index contributed by atoms with van der Waals surface area (Å²) in [7, 11) is 9.89. The van der Waals surface area contributed by atoms with Crippen LogP contribution in [0.1, 0.15) is 194 Å². The molecule has 0 bridgehead atoms. The van der Waals surface area contributed by atoms with E-state index >= 15 is 28.8 Å². The Hall–Kier alpha value is -6.72. The monoisotopic (exact) mass is 1430 g/mol. The molecule has 0 aromatic heterocycles. The van der Waals surface area contributed by atoms with Crippen LogP contribution in [0, 0.1) is 41.9 Å². The van der Waals surface area contributed by atoms with Crippen LogP contribution in [0.2, 0.25) is 0 Å². The summed E-state index contributed by atoms with van der Waals surface area (Å²) in [4.78, 5) is 190. The zero-order chi connectivity index (χ0) is 73.5. The van der Waals surface area contributed by atoms with Gasteiger partial charge in [0.25, 0.3) is 0 Å². The first kappa shape index (κ1) is 80.6. The van der Waals surface area contributed by atoms with Crippen molar-refractivity contribution >= 4 is 82.5 Å². The van der Waals surface area contributed by atoms with E-state index in [2.05, 4.69) is 21.9 Å². The predicted molar refractivity (Wildman–Crippen MR) is 369 cm³/mol. The first-order valence-corrected chi connectivity index (χ1v) is 37.2. The minimum absolute atomic E-state index is 0.00208. The lowest BCUT2D eigenvalue weighted by atomic mass is 9.78. The van der Waals surface area contributed by atoms with Crippen LogP contribution in [0.3, 0.4) is 0 Å². The van der Waals surface area contributed by atoms with Crippen molar-refractivity contribution in [3.8, 4) is 12.3 Å². The molecular weight excluding hydrogens is 1320 g/mol. The van der Waals surface area contributed by atoms with Gasteiger partial charge in [-0.2, -0.15) is 13.2 Å². The fourth-order valence-electron chi connectivity index (χ4n) is 16.5. The first-order valence-electron chi connectivity index (χ1n) is 36.7. The maximum atomic E-state index is 15.8. The molecule has 560 valence electrons. The highest BCUT2D eigenvalue weighted by molar-refractivity contribution is 6.21. The van der Waals surface area contributed by atoms with Crippen molar-refractivity contribution in [2.45, 2.75) is 253 Å². The maximum absolute atomic E-state index is 15.8. The van der Waals surface area contributed by atoms with Gasteiger partial charge in [-0.3, -0.25) is 57.5 Å². The second-order valence-electron chi connectivity index (χ2n) is 30.3. The van der Waals surface area contributed by atoms with E-state index in [0.29, 0.717) is 58.0 Å². The number of piperidine rings is 1. The number of hydrogen-bond donors (Lipinski definition) is 3. The number of rotatable bonds is 10. The van der Waals surface area contributed by atoms with Gasteiger partial charge in [-0.1, -0.05) is 78.1 Å². The largest absolute Gasteiger partial charge is 0.393 e. The number of nitrogens with zero attached hydrogens (tertiary/aromatic N) is 9. The van der Waals surface area contributed by atoms with Crippen LogP contribution >= 0.6 is 11.6 Å². The van der Waals surface area contributed by atoms with E-state index in [9.17, 15) is 41.9 Å². The first-order chi connectivity index (χ1) is 47.3. The molecule has 7 fully saturated rings. The molecule has 0 aromatic carbocycles. The minimum Gasteiger partial charge on any atom is -0.343 e. The van der Waals surface area contributed by atoms with Crippen molar-refractivity contribution < 1.29 is 70.7 Å². The number of likely N-dealkylation sites (N-methyl/N-ethyl adjacent to an activating group) is 7. The van der Waals surface area contributed by atoms with Crippen LogP contribution in [0.5, 0.6) is 0 Å². The molecule has 3 N–H and O–H groups in total. The third kappa shape index (κ3) is 20.5. The Morgan fingerprint density at radius 2 is 1.19 bits per heavy atom. The lowest BCUT2D eigenvalue weighted by molar-refractivity contribution is -0.182. The number of carbonyl (C=O) groups excluding carboxylic acids is 12. The third-order valence-electron chi connectivity index (χ3n) is 22.6. The van der Waals surface area contributed by atoms with Gasteiger partial charge in [-0.05, 0) is 126 Å². The summed E-state index contributed by atoms with van der Waals surface area (Å²) in [6.07, 6.45) is 12.7. The molecule has 7 rings (SSSR count).